The van der Waals surface area contributed by atoms with E-state index in [1.54, 1.807) is 0 Å². The molecule has 6 aromatic rings. The molecule has 0 atom stereocenters. The van der Waals surface area contributed by atoms with Crippen LogP contribution >= 0.6 is 0 Å². The molecule has 6 aromatic carbocycles. The molecule has 0 N–H and O–H groups in total. The van der Waals surface area contributed by atoms with Crippen LogP contribution in [0.1, 0.15) is 82.2 Å². The number of nitrogens with zero attached hydrogens (tertiary/aromatic N) is 1. The lowest BCUT2D eigenvalue weighted by molar-refractivity contribution is 0.332. The molecule has 0 aliphatic heterocycles. The van der Waals surface area contributed by atoms with Gasteiger partial charge in [-0.1, -0.05) is 145 Å². The van der Waals surface area contributed by atoms with E-state index in [2.05, 4.69) is 187 Å². The van der Waals surface area contributed by atoms with Gasteiger partial charge in [-0.2, -0.15) is 0 Å². The van der Waals surface area contributed by atoms with Crippen LogP contribution in [0.5, 0.6) is 0 Å². The Labute approximate surface area is 293 Å². The van der Waals surface area contributed by atoms with Crippen molar-refractivity contribution in [2.75, 3.05) is 4.90 Å². The second-order valence-electron chi connectivity index (χ2n) is 16.2. The highest BCUT2D eigenvalue weighted by atomic mass is 15.1. The predicted molar refractivity (Wildman–Crippen MR) is 210 cm³/mol. The maximum atomic E-state index is 2.52. The van der Waals surface area contributed by atoms with Gasteiger partial charge in [0.05, 0.1) is 0 Å². The molecular weight excluding hydrogens is 591 g/mol. The molecule has 1 heteroatoms. The number of hydrogen-bond donors (Lipinski definition) is 0. The molecular formula is C48H47N. The van der Waals surface area contributed by atoms with Crippen molar-refractivity contribution in [3.05, 3.63) is 161 Å². The Balaban J connectivity index is 1.25. The molecule has 0 radical (unpaired) electrons. The molecule has 0 spiro atoms. The van der Waals surface area contributed by atoms with E-state index < -0.39 is 0 Å². The summed E-state index contributed by atoms with van der Waals surface area (Å²) in [5.74, 6) is 0. The van der Waals surface area contributed by atoms with Crippen LogP contribution in [0.3, 0.4) is 0 Å². The zero-order valence-corrected chi connectivity index (χ0v) is 30.1. The number of benzene rings is 6. The standard InChI is InChI=1S/C48H47N/c1-32-29-43-44(47(4,5)28-27-46(43,2)3)31-45(32)49(38-25-26-40-39-15-11-12-16-41(39)48(6,7)42(40)30-38)37-23-21-36(22-24-37)35-19-17-34(18-20-35)33-13-9-8-10-14-33/h8-26,29-31H,27-28H2,1-7H3. The average Bonchev–Trinajstić information content (AvgIpc) is 3.34. The van der Waals surface area contributed by atoms with Gasteiger partial charge < -0.3 is 4.90 Å². The Morgan fingerprint density at radius 3 is 1.55 bits per heavy atom. The lowest BCUT2D eigenvalue weighted by Gasteiger charge is -2.43. The molecule has 0 fully saturated rings. The lowest BCUT2D eigenvalue weighted by Crippen LogP contribution is -2.34. The molecule has 0 bridgehead atoms. The van der Waals surface area contributed by atoms with E-state index in [4.69, 9.17) is 0 Å². The second kappa shape index (κ2) is 11.3. The van der Waals surface area contributed by atoms with Crippen molar-refractivity contribution in [2.45, 2.75) is 77.6 Å². The molecule has 0 unspecified atom stereocenters. The zero-order valence-electron chi connectivity index (χ0n) is 30.1. The summed E-state index contributed by atoms with van der Waals surface area (Å²) in [7, 11) is 0. The quantitative estimate of drug-likeness (QED) is 0.182. The van der Waals surface area contributed by atoms with Crippen molar-refractivity contribution in [3.63, 3.8) is 0 Å². The molecule has 8 rings (SSSR count). The van der Waals surface area contributed by atoms with Gasteiger partial charge in [0.15, 0.2) is 0 Å². The molecule has 0 saturated heterocycles. The molecule has 2 aliphatic rings. The average molecular weight is 638 g/mol. The van der Waals surface area contributed by atoms with Crippen LogP contribution in [0.15, 0.2) is 133 Å². The number of aryl methyl sites for hydroxylation is 1. The normalized spacial score (nSPS) is 16.4. The van der Waals surface area contributed by atoms with Gasteiger partial charge in [-0.15, -0.1) is 0 Å². The first-order valence-corrected chi connectivity index (χ1v) is 17.9. The van der Waals surface area contributed by atoms with E-state index in [9.17, 15) is 0 Å². The number of fused-ring (bicyclic) bond motifs is 4. The van der Waals surface area contributed by atoms with E-state index >= 15 is 0 Å². The van der Waals surface area contributed by atoms with Crippen LogP contribution in [0.25, 0.3) is 33.4 Å². The fraction of sp³-hybridized carbons (Fsp3) is 0.250. The van der Waals surface area contributed by atoms with E-state index in [1.165, 1.54) is 91.1 Å². The van der Waals surface area contributed by atoms with Gasteiger partial charge in [0.2, 0.25) is 0 Å². The van der Waals surface area contributed by atoms with Crippen LogP contribution in [-0.4, -0.2) is 0 Å². The molecule has 0 saturated carbocycles. The van der Waals surface area contributed by atoms with Crippen molar-refractivity contribution in [1.29, 1.82) is 0 Å². The largest absolute Gasteiger partial charge is 0.310 e. The van der Waals surface area contributed by atoms with Crippen molar-refractivity contribution in [3.8, 4) is 33.4 Å². The van der Waals surface area contributed by atoms with Gasteiger partial charge in [-0.3, -0.25) is 0 Å². The summed E-state index contributed by atoms with van der Waals surface area (Å²) in [5, 5.41) is 0. The molecule has 0 amide bonds. The van der Waals surface area contributed by atoms with E-state index in [0.717, 1.165) is 0 Å². The Kier molecular flexibility index (Phi) is 7.27. The van der Waals surface area contributed by atoms with Crippen molar-refractivity contribution in [2.24, 2.45) is 0 Å². The Morgan fingerprint density at radius 1 is 0.429 bits per heavy atom. The predicted octanol–water partition coefficient (Wildman–Crippen LogP) is 13.5. The van der Waals surface area contributed by atoms with Gasteiger partial charge in [-0.25, -0.2) is 0 Å². The second-order valence-corrected chi connectivity index (χ2v) is 16.2. The minimum absolute atomic E-state index is 0.0692. The van der Waals surface area contributed by atoms with Crippen molar-refractivity contribution >= 4 is 17.1 Å². The zero-order chi connectivity index (χ0) is 34.1. The van der Waals surface area contributed by atoms with Crippen LogP contribution in [0.4, 0.5) is 17.1 Å². The summed E-state index contributed by atoms with van der Waals surface area (Å²) >= 11 is 0. The molecule has 2 aliphatic carbocycles. The topological polar surface area (TPSA) is 3.24 Å². The van der Waals surface area contributed by atoms with Gasteiger partial charge in [0, 0.05) is 22.5 Å². The highest BCUT2D eigenvalue weighted by Gasteiger charge is 2.39. The number of anilines is 3. The Bertz CT molecular complexity index is 2180. The smallest absolute Gasteiger partial charge is 0.0493 e. The van der Waals surface area contributed by atoms with Crippen LogP contribution in [0, 0.1) is 6.92 Å². The summed E-state index contributed by atoms with van der Waals surface area (Å²) in [6.45, 7) is 16.7. The molecule has 1 nitrogen and oxygen atoms in total. The van der Waals surface area contributed by atoms with Crippen LogP contribution in [-0.2, 0) is 16.2 Å². The first-order chi connectivity index (χ1) is 23.4. The van der Waals surface area contributed by atoms with Gasteiger partial charge in [0.25, 0.3) is 0 Å². The summed E-state index contributed by atoms with van der Waals surface area (Å²) in [4.78, 5) is 2.51. The first-order valence-electron chi connectivity index (χ1n) is 17.9. The molecule has 244 valence electrons. The van der Waals surface area contributed by atoms with Crippen molar-refractivity contribution in [1.82, 2.24) is 0 Å². The fourth-order valence-corrected chi connectivity index (χ4v) is 8.50. The molecule has 49 heavy (non-hydrogen) atoms. The van der Waals surface area contributed by atoms with Gasteiger partial charge >= 0.3 is 0 Å². The molecule has 0 heterocycles. The SMILES string of the molecule is Cc1cc2c(cc1N(c1ccc(-c3ccc(-c4ccccc4)cc3)cc1)c1ccc3c(c1)C(C)(C)c1ccccc1-3)C(C)(C)CCC2(C)C. The van der Waals surface area contributed by atoms with E-state index in [0.29, 0.717) is 0 Å². The summed E-state index contributed by atoms with van der Waals surface area (Å²) in [5.41, 5.74) is 18.6. The Hall–Kier alpha value is -4.88. The maximum absolute atomic E-state index is 2.52. The third-order valence-corrected chi connectivity index (χ3v) is 11.7. The number of rotatable bonds is 5. The van der Waals surface area contributed by atoms with Crippen LogP contribution in [0.2, 0.25) is 0 Å². The third kappa shape index (κ3) is 5.23. The van der Waals surface area contributed by atoms with E-state index in [-0.39, 0.29) is 16.2 Å². The highest BCUT2D eigenvalue weighted by Crippen LogP contribution is 2.52. The third-order valence-electron chi connectivity index (χ3n) is 11.7. The van der Waals surface area contributed by atoms with Crippen LogP contribution < -0.4 is 4.90 Å². The number of hydrogen-bond acceptors (Lipinski definition) is 1. The maximum Gasteiger partial charge on any atom is 0.0493 e. The van der Waals surface area contributed by atoms with E-state index in [1.807, 2.05) is 0 Å². The van der Waals surface area contributed by atoms with Gasteiger partial charge in [0.1, 0.15) is 0 Å². The monoisotopic (exact) mass is 637 g/mol. The first kappa shape index (κ1) is 31.4. The van der Waals surface area contributed by atoms with Crippen molar-refractivity contribution < 1.29 is 0 Å². The van der Waals surface area contributed by atoms with Gasteiger partial charge in [-0.05, 0) is 122 Å². The minimum Gasteiger partial charge on any atom is -0.310 e. The summed E-state index contributed by atoms with van der Waals surface area (Å²) in [6, 6.07) is 49.8. The Morgan fingerprint density at radius 2 is 0.918 bits per heavy atom. The minimum atomic E-state index is -0.0692. The lowest BCUT2D eigenvalue weighted by atomic mass is 9.63. The highest BCUT2D eigenvalue weighted by molar-refractivity contribution is 5.87. The summed E-state index contributed by atoms with van der Waals surface area (Å²) < 4.78 is 0. The summed E-state index contributed by atoms with van der Waals surface area (Å²) in [6.07, 6.45) is 2.41. The molecule has 0 aromatic heterocycles. The fourth-order valence-electron chi connectivity index (χ4n) is 8.50.